The summed E-state index contributed by atoms with van der Waals surface area (Å²) in [6, 6.07) is 9.02. The molecule has 0 radical (unpaired) electrons. The summed E-state index contributed by atoms with van der Waals surface area (Å²) < 4.78 is 81.2. The summed E-state index contributed by atoms with van der Waals surface area (Å²) in [7, 11) is -5.70. The van der Waals surface area contributed by atoms with Crippen LogP contribution in [0.15, 0.2) is 30.3 Å². The van der Waals surface area contributed by atoms with Crippen molar-refractivity contribution in [3.8, 4) is 0 Å². The van der Waals surface area contributed by atoms with Crippen LogP contribution in [0.2, 0.25) is 0 Å². The zero-order valence-electron chi connectivity index (χ0n) is 13.2. The van der Waals surface area contributed by atoms with Gasteiger partial charge in [0.25, 0.3) is 0 Å². The van der Waals surface area contributed by atoms with Crippen LogP contribution in [-0.2, 0) is 28.5 Å². The molecule has 3 rings (SSSR count). The lowest BCUT2D eigenvalue weighted by Gasteiger charge is -2.45. The summed E-state index contributed by atoms with van der Waals surface area (Å²) in [5, 5.41) is 0. The van der Waals surface area contributed by atoms with Crippen LogP contribution in [-0.4, -0.2) is 45.5 Å². The Bertz CT molecular complexity index is 693. The Kier molecular flexibility index (Phi) is 5.09. The average molecular weight is 382 g/mol. The minimum Gasteiger partial charge on any atom is -0.370 e. The highest BCUT2D eigenvalue weighted by Gasteiger charge is 2.52. The van der Waals surface area contributed by atoms with Crippen LogP contribution in [0.25, 0.3) is 0 Å². The van der Waals surface area contributed by atoms with Gasteiger partial charge in [0.2, 0.25) is 0 Å². The van der Waals surface area contributed by atoms with Gasteiger partial charge in [-0.25, -0.2) is 0 Å². The van der Waals surface area contributed by atoms with Gasteiger partial charge in [-0.15, -0.1) is 0 Å². The van der Waals surface area contributed by atoms with Crippen LogP contribution in [0.5, 0.6) is 0 Å². The first-order valence-electron chi connectivity index (χ1n) is 7.62. The molecule has 2 heterocycles. The minimum atomic E-state index is -5.70. The molecular weight excluding hydrogens is 365 g/mol. The molecule has 1 aromatic rings. The second kappa shape index (κ2) is 6.84. The molecule has 2 fully saturated rings. The van der Waals surface area contributed by atoms with Crippen molar-refractivity contribution in [1.29, 1.82) is 0 Å². The van der Waals surface area contributed by atoms with E-state index in [4.69, 9.17) is 14.2 Å². The van der Waals surface area contributed by atoms with Gasteiger partial charge in [0.15, 0.2) is 6.29 Å². The van der Waals surface area contributed by atoms with E-state index in [1.165, 1.54) is 0 Å². The lowest BCUT2D eigenvalue weighted by atomic mass is 9.91. The number of fused-ring (bicyclic) bond motifs is 1. The van der Waals surface area contributed by atoms with E-state index < -0.39 is 46.1 Å². The largest absolute Gasteiger partial charge is 0.523 e. The Morgan fingerprint density at radius 1 is 1.12 bits per heavy atom. The lowest BCUT2D eigenvalue weighted by molar-refractivity contribution is -0.301. The molecule has 0 aliphatic carbocycles. The minimum absolute atomic E-state index is 0.188. The first kappa shape index (κ1) is 18.6. The van der Waals surface area contributed by atoms with E-state index in [0.29, 0.717) is 0 Å². The van der Waals surface area contributed by atoms with Gasteiger partial charge in [-0.1, -0.05) is 37.3 Å². The molecule has 0 saturated carbocycles. The number of ether oxygens (including phenoxy) is 3. The van der Waals surface area contributed by atoms with E-state index >= 15 is 0 Å². The molecule has 0 N–H and O–H groups in total. The van der Waals surface area contributed by atoms with Gasteiger partial charge in [-0.3, -0.25) is 4.18 Å². The number of alkyl halides is 3. The lowest BCUT2D eigenvalue weighted by Crippen LogP contribution is -2.55. The zero-order valence-corrected chi connectivity index (χ0v) is 14.0. The van der Waals surface area contributed by atoms with Crippen molar-refractivity contribution < 1.29 is 40.0 Å². The first-order chi connectivity index (χ1) is 11.7. The van der Waals surface area contributed by atoms with Gasteiger partial charge in [0.1, 0.15) is 12.2 Å². The molecule has 0 bridgehead atoms. The highest BCUT2D eigenvalue weighted by molar-refractivity contribution is 7.87. The van der Waals surface area contributed by atoms with E-state index in [0.717, 1.165) is 5.56 Å². The molecule has 1 unspecified atom stereocenters. The Hall–Kier alpha value is -1.20. The zero-order chi connectivity index (χ0) is 18.2. The van der Waals surface area contributed by atoms with Crippen LogP contribution in [0.1, 0.15) is 18.8 Å². The molecule has 6 nitrogen and oxygen atoms in total. The Morgan fingerprint density at radius 2 is 1.80 bits per heavy atom. The molecule has 25 heavy (non-hydrogen) atoms. The Labute approximate surface area is 142 Å². The highest BCUT2D eigenvalue weighted by Crippen LogP contribution is 2.37. The van der Waals surface area contributed by atoms with E-state index in [-0.39, 0.29) is 13.2 Å². The molecule has 0 aromatic heterocycles. The van der Waals surface area contributed by atoms with E-state index in [2.05, 4.69) is 4.18 Å². The van der Waals surface area contributed by atoms with Gasteiger partial charge >= 0.3 is 15.6 Å². The maximum Gasteiger partial charge on any atom is 0.523 e. The molecule has 2 aliphatic heterocycles. The van der Waals surface area contributed by atoms with Gasteiger partial charge in [0, 0.05) is 11.5 Å². The van der Waals surface area contributed by atoms with Crippen LogP contribution < -0.4 is 0 Å². The topological polar surface area (TPSA) is 71.1 Å². The van der Waals surface area contributed by atoms with E-state index in [1.54, 1.807) is 31.2 Å². The summed E-state index contributed by atoms with van der Waals surface area (Å²) in [5.41, 5.74) is -4.73. The van der Waals surface area contributed by atoms with E-state index in [1.807, 2.05) is 6.07 Å². The molecular formula is C15H17F3O6S. The number of rotatable bonds is 3. The van der Waals surface area contributed by atoms with Crippen molar-refractivity contribution in [3.63, 3.8) is 0 Å². The van der Waals surface area contributed by atoms with Gasteiger partial charge in [-0.2, -0.15) is 21.6 Å². The quantitative estimate of drug-likeness (QED) is 0.591. The second-order valence-electron chi connectivity index (χ2n) is 5.94. The van der Waals surface area contributed by atoms with Crippen LogP contribution >= 0.6 is 0 Å². The van der Waals surface area contributed by atoms with Crippen molar-refractivity contribution in [2.75, 3.05) is 13.2 Å². The maximum atomic E-state index is 12.5. The van der Waals surface area contributed by atoms with E-state index in [9.17, 15) is 21.6 Å². The van der Waals surface area contributed by atoms with Crippen molar-refractivity contribution in [2.24, 2.45) is 5.92 Å². The van der Waals surface area contributed by atoms with Crippen LogP contribution in [0.3, 0.4) is 0 Å². The fourth-order valence-electron chi connectivity index (χ4n) is 2.85. The predicted molar refractivity (Wildman–Crippen MR) is 78.8 cm³/mol. The van der Waals surface area contributed by atoms with Crippen LogP contribution in [0, 0.1) is 5.92 Å². The summed E-state index contributed by atoms with van der Waals surface area (Å²) in [6.07, 6.45) is -3.14. The summed E-state index contributed by atoms with van der Waals surface area (Å²) in [6.45, 7) is 1.47. The SMILES string of the molecule is C[C@@H]1C2O[C@H](c3ccccc3)OC[C@H]2OC[C@@H]1OS(=O)(=O)C(F)(F)F. The molecule has 1 aromatic carbocycles. The molecule has 5 atom stereocenters. The fraction of sp³-hybridized carbons (Fsp3) is 0.600. The predicted octanol–water partition coefficient (Wildman–Crippen LogP) is 2.37. The molecule has 2 aliphatic rings. The summed E-state index contributed by atoms with van der Waals surface area (Å²) in [4.78, 5) is 0. The maximum absolute atomic E-state index is 12.5. The van der Waals surface area contributed by atoms with Crippen molar-refractivity contribution in [2.45, 2.75) is 37.0 Å². The number of hydrogen-bond donors (Lipinski definition) is 0. The number of benzene rings is 1. The average Bonchev–Trinajstić information content (AvgIpc) is 2.57. The van der Waals surface area contributed by atoms with Crippen molar-refractivity contribution in [1.82, 2.24) is 0 Å². The smallest absolute Gasteiger partial charge is 0.370 e. The van der Waals surface area contributed by atoms with Gasteiger partial charge < -0.3 is 14.2 Å². The standard InChI is InChI=1S/C15H17F3O6S/c1-9-11(24-25(19,20)15(16,17)18)7-21-12-8-22-14(23-13(9)12)10-5-3-2-4-6-10/h2-6,9,11-14H,7-8H2,1H3/t9-,11-,12+,13?,14+/m0/s1. The third-order valence-electron chi connectivity index (χ3n) is 4.24. The molecule has 0 spiro atoms. The second-order valence-corrected chi connectivity index (χ2v) is 7.51. The van der Waals surface area contributed by atoms with Gasteiger partial charge in [0.05, 0.1) is 19.3 Å². The summed E-state index contributed by atoms with van der Waals surface area (Å²) >= 11 is 0. The monoisotopic (exact) mass is 382 g/mol. The highest BCUT2D eigenvalue weighted by atomic mass is 32.2. The third-order valence-corrected chi connectivity index (χ3v) is 5.31. The number of halogens is 3. The molecule has 10 heteroatoms. The molecule has 2 saturated heterocycles. The van der Waals surface area contributed by atoms with Crippen molar-refractivity contribution >= 4 is 10.1 Å². The fourth-order valence-corrected chi connectivity index (χ4v) is 3.52. The first-order valence-corrected chi connectivity index (χ1v) is 9.03. The molecule has 140 valence electrons. The normalized spacial score (nSPS) is 33.7. The number of hydrogen-bond acceptors (Lipinski definition) is 6. The van der Waals surface area contributed by atoms with Crippen molar-refractivity contribution in [3.05, 3.63) is 35.9 Å². The molecule has 0 amide bonds. The van der Waals surface area contributed by atoms with Gasteiger partial charge in [-0.05, 0) is 0 Å². The third kappa shape index (κ3) is 3.82. The summed E-state index contributed by atoms with van der Waals surface area (Å²) in [5.74, 6) is -0.633. The Morgan fingerprint density at radius 3 is 2.44 bits per heavy atom. The van der Waals surface area contributed by atoms with Crippen LogP contribution in [0.4, 0.5) is 13.2 Å². The Balaban J connectivity index is 1.72.